The lowest BCUT2D eigenvalue weighted by molar-refractivity contribution is -0.125. The van der Waals surface area contributed by atoms with E-state index in [1.54, 1.807) is 57.6 Å². The zero-order valence-corrected chi connectivity index (χ0v) is 20.7. The third-order valence-electron chi connectivity index (χ3n) is 5.97. The van der Waals surface area contributed by atoms with Crippen LogP contribution >= 0.6 is 11.6 Å². The van der Waals surface area contributed by atoms with Crippen LogP contribution in [0.5, 0.6) is 17.2 Å². The second kappa shape index (κ2) is 11.9. The number of ether oxygens (including phenoxy) is 4. The fourth-order valence-corrected chi connectivity index (χ4v) is 4.35. The number of hydrogen-bond acceptors (Lipinski definition) is 6. The molecule has 1 heterocycles. The van der Waals surface area contributed by atoms with Crippen LogP contribution in [0.4, 0.5) is 0 Å². The van der Waals surface area contributed by atoms with Gasteiger partial charge in [0.25, 0.3) is 5.91 Å². The summed E-state index contributed by atoms with van der Waals surface area (Å²) in [6, 6.07) is 10.4. The van der Waals surface area contributed by atoms with Gasteiger partial charge in [0.2, 0.25) is 11.7 Å². The Morgan fingerprint density at radius 3 is 2.21 bits per heavy atom. The molecule has 3 rings (SSSR count). The Hall–Kier alpha value is -2.97. The van der Waals surface area contributed by atoms with Crippen molar-refractivity contribution in [3.05, 3.63) is 52.5 Å². The van der Waals surface area contributed by atoms with E-state index in [0.717, 1.165) is 5.56 Å². The Kier molecular flexibility index (Phi) is 9.01. The number of likely N-dealkylation sites (tertiary alicyclic amines) is 1. The fourth-order valence-electron chi connectivity index (χ4n) is 4.22. The van der Waals surface area contributed by atoms with Crippen LogP contribution in [0.1, 0.15) is 28.3 Å². The van der Waals surface area contributed by atoms with Gasteiger partial charge in [0.1, 0.15) is 0 Å². The van der Waals surface area contributed by atoms with Gasteiger partial charge in [-0.3, -0.25) is 9.59 Å². The Bertz CT molecular complexity index is 972. The van der Waals surface area contributed by atoms with Crippen molar-refractivity contribution >= 4 is 23.4 Å². The molecule has 0 spiro atoms. The van der Waals surface area contributed by atoms with E-state index in [1.165, 1.54) is 0 Å². The van der Waals surface area contributed by atoms with Crippen molar-refractivity contribution in [2.24, 2.45) is 5.92 Å². The smallest absolute Gasteiger partial charge is 0.253 e. The maximum absolute atomic E-state index is 13.2. The highest BCUT2D eigenvalue weighted by Gasteiger charge is 2.41. The van der Waals surface area contributed by atoms with Crippen LogP contribution in [0, 0.1) is 5.92 Å². The van der Waals surface area contributed by atoms with Crippen LogP contribution in [-0.4, -0.2) is 71.4 Å². The average molecular weight is 491 g/mol. The predicted octanol–water partition coefficient (Wildman–Crippen LogP) is 3.37. The largest absolute Gasteiger partial charge is 0.493 e. The second-order valence-electron chi connectivity index (χ2n) is 8.03. The van der Waals surface area contributed by atoms with Crippen molar-refractivity contribution < 1.29 is 28.5 Å². The van der Waals surface area contributed by atoms with E-state index in [2.05, 4.69) is 5.32 Å². The maximum Gasteiger partial charge on any atom is 0.253 e. The van der Waals surface area contributed by atoms with E-state index in [-0.39, 0.29) is 17.7 Å². The highest BCUT2D eigenvalue weighted by Crippen LogP contribution is 2.43. The summed E-state index contributed by atoms with van der Waals surface area (Å²) in [5.41, 5.74) is 1.35. The number of methoxy groups -OCH3 is 4. The lowest BCUT2D eigenvalue weighted by Crippen LogP contribution is -2.36. The minimum atomic E-state index is -0.443. The molecule has 0 aromatic heterocycles. The van der Waals surface area contributed by atoms with E-state index in [9.17, 15) is 9.59 Å². The Morgan fingerprint density at radius 2 is 1.65 bits per heavy atom. The molecular weight excluding hydrogens is 460 g/mol. The molecule has 0 saturated carbocycles. The van der Waals surface area contributed by atoms with Crippen LogP contribution in [0.3, 0.4) is 0 Å². The maximum atomic E-state index is 13.2. The molecule has 0 bridgehead atoms. The Labute approximate surface area is 205 Å². The van der Waals surface area contributed by atoms with Gasteiger partial charge in [-0.25, -0.2) is 0 Å². The molecule has 1 fully saturated rings. The number of nitrogens with zero attached hydrogens (tertiary/aromatic N) is 1. The molecule has 2 amide bonds. The molecule has 8 nitrogen and oxygen atoms in total. The summed E-state index contributed by atoms with van der Waals surface area (Å²) >= 11 is 5.98. The van der Waals surface area contributed by atoms with Crippen LogP contribution in [0.15, 0.2) is 36.4 Å². The molecule has 2 atom stereocenters. The van der Waals surface area contributed by atoms with Gasteiger partial charge >= 0.3 is 0 Å². The predicted molar refractivity (Wildman–Crippen MR) is 129 cm³/mol. The van der Waals surface area contributed by atoms with Crippen LogP contribution in [0.25, 0.3) is 0 Å². The first kappa shape index (κ1) is 25.6. The standard InChI is InChI=1S/C25H31ClN2O6/c1-31-11-5-10-27-24(29)20-15-28(25(30)16-6-8-18(26)9-7-16)14-19(20)17-12-21(32-2)23(34-4)22(13-17)33-3/h6-9,12-13,19-20H,5,10-11,14-15H2,1-4H3,(H,27,29)/t19-,20-/m0/s1. The molecule has 1 aliphatic heterocycles. The van der Waals surface area contributed by atoms with Gasteiger partial charge in [-0.05, 0) is 48.4 Å². The fraction of sp³-hybridized carbons (Fsp3) is 0.440. The zero-order chi connectivity index (χ0) is 24.7. The molecule has 1 aliphatic rings. The molecule has 2 aromatic rings. The van der Waals surface area contributed by atoms with Crippen LogP contribution < -0.4 is 19.5 Å². The number of halogens is 1. The lowest BCUT2D eigenvalue weighted by Gasteiger charge is -2.21. The first-order valence-electron chi connectivity index (χ1n) is 11.0. The van der Waals surface area contributed by atoms with Crippen molar-refractivity contribution in [3.63, 3.8) is 0 Å². The summed E-state index contributed by atoms with van der Waals surface area (Å²) in [6.45, 7) is 1.72. The van der Waals surface area contributed by atoms with E-state index < -0.39 is 5.92 Å². The molecule has 0 unspecified atom stereocenters. The van der Waals surface area contributed by atoms with Crippen molar-refractivity contribution in [3.8, 4) is 17.2 Å². The summed E-state index contributed by atoms with van der Waals surface area (Å²) in [5.74, 6) is 0.512. The van der Waals surface area contributed by atoms with Crippen LogP contribution in [-0.2, 0) is 9.53 Å². The number of rotatable bonds is 10. The monoisotopic (exact) mass is 490 g/mol. The molecule has 34 heavy (non-hydrogen) atoms. The summed E-state index contributed by atoms with van der Waals surface area (Å²) < 4.78 is 21.5. The number of benzene rings is 2. The Morgan fingerprint density at radius 1 is 1.00 bits per heavy atom. The van der Waals surface area contributed by atoms with Gasteiger partial charge in [0.05, 0.1) is 27.2 Å². The van der Waals surface area contributed by atoms with Crippen molar-refractivity contribution in [1.82, 2.24) is 10.2 Å². The minimum absolute atomic E-state index is 0.110. The summed E-state index contributed by atoms with van der Waals surface area (Å²) in [4.78, 5) is 28.1. The first-order chi connectivity index (χ1) is 16.4. The van der Waals surface area contributed by atoms with Gasteiger partial charge in [-0.15, -0.1) is 0 Å². The van der Waals surface area contributed by atoms with E-state index in [0.29, 0.717) is 60.5 Å². The second-order valence-corrected chi connectivity index (χ2v) is 8.46. The first-order valence-corrected chi connectivity index (χ1v) is 11.4. The summed E-state index contributed by atoms with van der Waals surface area (Å²) in [7, 11) is 6.26. The number of amides is 2. The van der Waals surface area contributed by atoms with Gasteiger partial charge in [0.15, 0.2) is 11.5 Å². The summed E-state index contributed by atoms with van der Waals surface area (Å²) in [6.07, 6.45) is 0.706. The number of nitrogens with one attached hydrogen (secondary N) is 1. The highest BCUT2D eigenvalue weighted by atomic mass is 35.5. The quantitative estimate of drug-likeness (QED) is 0.514. The number of carbonyl (C=O) groups is 2. The molecular formula is C25H31ClN2O6. The third-order valence-corrected chi connectivity index (χ3v) is 6.23. The molecule has 0 aliphatic carbocycles. The number of carbonyl (C=O) groups excluding carboxylic acids is 2. The van der Waals surface area contributed by atoms with E-state index in [1.807, 2.05) is 12.1 Å². The number of hydrogen-bond donors (Lipinski definition) is 1. The molecule has 2 aromatic carbocycles. The SMILES string of the molecule is COCCCNC(=O)[C@H]1CN(C(=O)c2ccc(Cl)cc2)C[C@H]1c1cc(OC)c(OC)c(OC)c1. The van der Waals surface area contributed by atoms with Crippen LogP contribution in [0.2, 0.25) is 5.02 Å². The lowest BCUT2D eigenvalue weighted by atomic mass is 9.88. The molecule has 1 saturated heterocycles. The zero-order valence-electron chi connectivity index (χ0n) is 19.9. The normalized spacial score (nSPS) is 17.4. The summed E-state index contributed by atoms with van der Waals surface area (Å²) in [5, 5.41) is 3.54. The topological polar surface area (TPSA) is 86.3 Å². The molecule has 184 valence electrons. The van der Waals surface area contributed by atoms with Crippen molar-refractivity contribution in [1.29, 1.82) is 0 Å². The van der Waals surface area contributed by atoms with Gasteiger partial charge in [-0.2, -0.15) is 0 Å². The van der Waals surface area contributed by atoms with Gasteiger partial charge in [0, 0.05) is 49.9 Å². The molecule has 1 N–H and O–H groups in total. The van der Waals surface area contributed by atoms with Gasteiger partial charge in [-0.1, -0.05) is 11.6 Å². The molecule has 0 radical (unpaired) electrons. The Balaban J connectivity index is 1.92. The minimum Gasteiger partial charge on any atom is -0.493 e. The highest BCUT2D eigenvalue weighted by molar-refractivity contribution is 6.30. The van der Waals surface area contributed by atoms with Crippen molar-refractivity contribution in [2.45, 2.75) is 12.3 Å². The molecule has 9 heteroatoms. The van der Waals surface area contributed by atoms with Crippen molar-refractivity contribution in [2.75, 3.05) is 54.7 Å². The van der Waals surface area contributed by atoms with E-state index >= 15 is 0 Å². The van der Waals surface area contributed by atoms with Gasteiger partial charge < -0.3 is 29.2 Å². The third kappa shape index (κ3) is 5.74. The average Bonchev–Trinajstić information content (AvgIpc) is 3.31. The van der Waals surface area contributed by atoms with E-state index in [4.69, 9.17) is 30.5 Å².